The highest BCUT2D eigenvalue weighted by atomic mass is 79.9. The van der Waals surface area contributed by atoms with E-state index in [9.17, 15) is 0 Å². The number of benzene rings is 1. The highest BCUT2D eigenvalue weighted by Crippen LogP contribution is 2.28. The number of rotatable bonds is 0. The molecule has 0 saturated heterocycles. The van der Waals surface area contributed by atoms with Gasteiger partial charge < -0.3 is 5.73 Å². The number of hydrogen-bond acceptors (Lipinski definition) is 2. The minimum absolute atomic E-state index is 0.769. The third-order valence-corrected chi connectivity index (χ3v) is 3.08. The molecular formula is C10H9BrN2. The molecule has 1 aromatic heterocycles. The van der Waals surface area contributed by atoms with Crippen LogP contribution in [0.4, 0.5) is 5.69 Å². The van der Waals surface area contributed by atoms with Crippen molar-refractivity contribution in [3.63, 3.8) is 0 Å². The van der Waals surface area contributed by atoms with E-state index < -0.39 is 0 Å². The monoisotopic (exact) mass is 236 g/mol. The number of aryl methyl sites for hydroxylation is 1. The van der Waals surface area contributed by atoms with Crippen LogP contribution in [0.1, 0.15) is 5.56 Å². The van der Waals surface area contributed by atoms with E-state index in [1.807, 2.05) is 25.1 Å². The van der Waals surface area contributed by atoms with E-state index >= 15 is 0 Å². The molecule has 0 aliphatic heterocycles. The molecule has 1 aromatic carbocycles. The van der Waals surface area contributed by atoms with Crippen LogP contribution in [0, 0.1) is 6.92 Å². The quantitative estimate of drug-likeness (QED) is 0.765. The Balaban J connectivity index is 2.94. The molecular weight excluding hydrogens is 228 g/mol. The fraction of sp³-hybridized carbons (Fsp3) is 0.100. The smallest absolute Gasteiger partial charge is 0.0867 e. The third-order valence-electron chi connectivity index (χ3n) is 2.08. The molecule has 0 amide bonds. The number of hydrogen-bond donors (Lipinski definition) is 1. The minimum Gasteiger partial charge on any atom is -0.398 e. The van der Waals surface area contributed by atoms with Crippen molar-refractivity contribution in [2.75, 3.05) is 5.73 Å². The van der Waals surface area contributed by atoms with Crippen LogP contribution < -0.4 is 5.73 Å². The number of nitrogens with two attached hydrogens (primary N) is 1. The summed E-state index contributed by atoms with van der Waals surface area (Å²) in [6.45, 7) is 2.04. The SMILES string of the molecule is Cc1ccc2c(N)ccnc2c1Br. The normalized spacial score (nSPS) is 10.6. The van der Waals surface area contributed by atoms with Gasteiger partial charge in [0, 0.05) is 21.7 Å². The summed E-state index contributed by atoms with van der Waals surface area (Å²) in [4.78, 5) is 4.28. The Morgan fingerprint density at radius 1 is 1.31 bits per heavy atom. The van der Waals surface area contributed by atoms with Crippen LogP contribution in [0.15, 0.2) is 28.9 Å². The van der Waals surface area contributed by atoms with Crippen molar-refractivity contribution in [2.45, 2.75) is 6.92 Å². The zero-order valence-electron chi connectivity index (χ0n) is 7.21. The summed E-state index contributed by atoms with van der Waals surface area (Å²) < 4.78 is 1.03. The van der Waals surface area contributed by atoms with Gasteiger partial charge in [0.05, 0.1) is 5.52 Å². The van der Waals surface area contributed by atoms with Crippen LogP contribution in [0.5, 0.6) is 0 Å². The number of nitrogen functional groups attached to an aromatic ring is 1. The lowest BCUT2D eigenvalue weighted by Gasteiger charge is -2.04. The van der Waals surface area contributed by atoms with E-state index in [1.54, 1.807) is 6.20 Å². The predicted octanol–water partition coefficient (Wildman–Crippen LogP) is 2.89. The Morgan fingerprint density at radius 3 is 2.85 bits per heavy atom. The first-order chi connectivity index (χ1) is 6.20. The fourth-order valence-electron chi connectivity index (χ4n) is 1.31. The average molecular weight is 237 g/mol. The Bertz CT molecular complexity index is 466. The summed E-state index contributed by atoms with van der Waals surface area (Å²) >= 11 is 3.50. The molecule has 0 radical (unpaired) electrons. The largest absolute Gasteiger partial charge is 0.398 e. The molecule has 0 fully saturated rings. The van der Waals surface area contributed by atoms with Gasteiger partial charge in [-0.05, 0) is 34.5 Å². The number of pyridine rings is 1. The van der Waals surface area contributed by atoms with Crippen LogP contribution in [0.25, 0.3) is 10.9 Å². The molecule has 0 atom stereocenters. The van der Waals surface area contributed by atoms with Crippen LogP contribution >= 0.6 is 15.9 Å². The third kappa shape index (κ3) is 1.29. The summed E-state index contributed by atoms with van der Waals surface area (Å²) in [5.41, 5.74) is 8.69. The van der Waals surface area contributed by atoms with Gasteiger partial charge in [-0.1, -0.05) is 12.1 Å². The maximum atomic E-state index is 5.81. The van der Waals surface area contributed by atoms with Gasteiger partial charge in [0.2, 0.25) is 0 Å². The lowest BCUT2D eigenvalue weighted by atomic mass is 10.1. The van der Waals surface area contributed by atoms with Gasteiger partial charge in [-0.2, -0.15) is 0 Å². The van der Waals surface area contributed by atoms with Crippen molar-refractivity contribution in [2.24, 2.45) is 0 Å². The molecule has 0 aliphatic carbocycles. The lowest BCUT2D eigenvalue weighted by Crippen LogP contribution is -1.90. The van der Waals surface area contributed by atoms with E-state index in [0.29, 0.717) is 0 Å². The fourth-order valence-corrected chi connectivity index (χ4v) is 1.75. The number of fused-ring (bicyclic) bond motifs is 1. The zero-order valence-corrected chi connectivity index (χ0v) is 8.80. The summed E-state index contributed by atoms with van der Waals surface area (Å²) in [6, 6.07) is 5.84. The number of halogens is 1. The van der Waals surface area contributed by atoms with Gasteiger partial charge >= 0.3 is 0 Å². The van der Waals surface area contributed by atoms with Gasteiger partial charge in [-0.15, -0.1) is 0 Å². The molecule has 2 rings (SSSR count). The van der Waals surface area contributed by atoms with Crippen molar-refractivity contribution >= 4 is 32.5 Å². The van der Waals surface area contributed by atoms with E-state index in [-0.39, 0.29) is 0 Å². The molecule has 1 heterocycles. The maximum absolute atomic E-state index is 5.81. The molecule has 13 heavy (non-hydrogen) atoms. The van der Waals surface area contributed by atoms with E-state index in [2.05, 4.69) is 20.9 Å². The van der Waals surface area contributed by atoms with Gasteiger partial charge in [-0.3, -0.25) is 4.98 Å². The molecule has 0 saturated carbocycles. The predicted molar refractivity (Wildman–Crippen MR) is 58.6 cm³/mol. The van der Waals surface area contributed by atoms with Crippen LogP contribution in [0.2, 0.25) is 0 Å². The molecule has 0 aliphatic rings. The molecule has 3 heteroatoms. The zero-order chi connectivity index (χ0) is 9.42. The summed E-state index contributed by atoms with van der Waals surface area (Å²) in [5.74, 6) is 0. The molecule has 66 valence electrons. The molecule has 0 bridgehead atoms. The van der Waals surface area contributed by atoms with Gasteiger partial charge in [0.1, 0.15) is 0 Å². The van der Waals surface area contributed by atoms with Crippen molar-refractivity contribution in [1.29, 1.82) is 0 Å². The summed E-state index contributed by atoms with van der Waals surface area (Å²) in [6.07, 6.45) is 1.72. The first-order valence-corrected chi connectivity index (χ1v) is 4.79. The van der Waals surface area contributed by atoms with Crippen molar-refractivity contribution in [3.05, 3.63) is 34.4 Å². The Labute approximate surface area is 84.9 Å². The van der Waals surface area contributed by atoms with Crippen LogP contribution in [-0.2, 0) is 0 Å². The topological polar surface area (TPSA) is 38.9 Å². The standard InChI is InChI=1S/C10H9BrN2/c1-6-2-3-7-8(12)4-5-13-10(7)9(6)11/h2-5H,1H3,(H2,12,13). The van der Waals surface area contributed by atoms with Gasteiger partial charge in [-0.25, -0.2) is 0 Å². The molecule has 0 spiro atoms. The minimum atomic E-state index is 0.769. The molecule has 2 nitrogen and oxygen atoms in total. The molecule has 0 unspecified atom stereocenters. The van der Waals surface area contributed by atoms with Gasteiger partial charge in [0.15, 0.2) is 0 Å². The van der Waals surface area contributed by atoms with Crippen molar-refractivity contribution in [3.8, 4) is 0 Å². The molecule has 2 aromatic rings. The summed E-state index contributed by atoms with van der Waals surface area (Å²) in [7, 11) is 0. The maximum Gasteiger partial charge on any atom is 0.0867 e. The Hall–Kier alpha value is -1.09. The van der Waals surface area contributed by atoms with Crippen molar-refractivity contribution in [1.82, 2.24) is 4.98 Å². The number of anilines is 1. The summed E-state index contributed by atoms with van der Waals surface area (Å²) in [5, 5.41) is 1.000. The lowest BCUT2D eigenvalue weighted by molar-refractivity contribution is 1.37. The second-order valence-electron chi connectivity index (χ2n) is 2.99. The van der Waals surface area contributed by atoms with E-state index in [0.717, 1.165) is 21.1 Å². The number of aromatic nitrogens is 1. The molecule has 2 N–H and O–H groups in total. The second-order valence-corrected chi connectivity index (χ2v) is 3.79. The first-order valence-electron chi connectivity index (χ1n) is 3.99. The second kappa shape index (κ2) is 3.00. The average Bonchev–Trinajstić information content (AvgIpc) is 2.12. The first kappa shape index (κ1) is 8.51. The highest BCUT2D eigenvalue weighted by Gasteiger charge is 2.04. The van der Waals surface area contributed by atoms with Gasteiger partial charge in [0.25, 0.3) is 0 Å². The Morgan fingerprint density at radius 2 is 2.08 bits per heavy atom. The van der Waals surface area contributed by atoms with Crippen LogP contribution in [0.3, 0.4) is 0 Å². The Kier molecular flexibility index (Phi) is 1.96. The highest BCUT2D eigenvalue weighted by molar-refractivity contribution is 9.10. The van der Waals surface area contributed by atoms with Crippen molar-refractivity contribution < 1.29 is 0 Å². The van der Waals surface area contributed by atoms with E-state index in [4.69, 9.17) is 5.73 Å². The number of nitrogens with zero attached hydrogens (tertiary/aromatic N) is 1. The van der Waals surface area contributed by atoms with E-state index in [1.165, 1.54) is 5.56 Å². The van der Waals surface area contributed by atoms with Crippen LogP contribution in [-0.4, -0.2) is 4.98 Å².